The van der Waals surface area contributed by atoms with E-state index in [1.807, 2.05) is 13.8 Å². The number of rotatable bonds is 4. The molecule has 24 heavy (non-hydrogen) atoms. The summed E-state index contributed by atoms with van der Waals surface area (Å²) in [4.78, 5) is 0. The molecule has 0 atom stereocenters. The van der Waals surface area contributed by atoms with Gasteiger partial charge in [0.15, 0.2) is 0 Å². The smallest absolute Gasteiger partial charge is 0.126 e. The van der Waals surface area contributed by atoms with Gasteiger partial charge >= 0.3 is 0 Å². The molecule has 3 rings (SSSR count). The van der Waals surface area contributed by atoms with Crippen LogP contribution in [0.3, 0.4) is 0 Å². The van der Waals surface area contributed by atoms with Crippen molar-refractivity contribution in [2.24, 2.45) is 17.8 Å². The molecule has 2 saturated carbocycles. The molecule has 2 aliphatic carbocycles. The van der Waals surface area contributed by atoms with E-state index < -0.39 is 0 Å². The zero-order valence-electron chi connectivity index (χ0n) is 15.9. The van der Waals surface area contributed by atoms with Crippen LogP contribution in [-0.4, -0.2) is 0 Å². The monoisotopic (exact) mass is 330 g/mol. The lowest BCUT2D eigenvalue weighted by atomic mass is 9.74. The first kappa shape index (κ1) is 18.0. The van der Waals surface area contributed by atoms with Crippen molar-refractivity contribution in [3.63, 3.8) is 0 Å². The Labute approximate surface area is 148 Å². The highest BCUT2D eigenvalue weighted by molar-refractivity contribution is 5.33. The van der Waals surface area contributed by atoms with Gasteiger partial charge in [-0.15, -0.1) is 0 Å². The fourth-order valence-corrected chi connectivity index (χ4v) is 4.95. The molecule has 0 spiro atoms. The minimum atomic E-state index is -0.0151. The van der Waals surface area contributed by atoms with Gasteiger partial charge < -0.3 is 0 Å². The van der Waals surface area contributed by atoms with Crippen LogP contribution in [0.1, 0.15) is 93.7 Å². The maximum atomic E-state index is 14.0. The molecular weight excluding hydrogens is 295 g/mol. The van der Waals surface area contributed by atoms with Gasteiger partial charge in [0, 0.05) is 0 Å². The van der Waals surface area contributed by atoms with Gasteiger partial charge in [-0.2, -0.15) is 0 Å². The minimum Gasteiger partial charge on any atom is -0.207 e. The summed E-state index contributed by atoms with van der Waals surface area (Å²) in [5.41, 5.74) is 3.17. The summed E-state index contributed by atoms with van der Waals surface area (Å²) in [5.74, 6) is 3.48. The number of aryl methyl sites for hydroxylation is 1. The van der Waals surface area contributed by atoms with Crippen LogP contribution in [0.4, 0.5) is 4.39 Å². The van der Waals surface area contributed by atoms with Crippen LogP contribution in [0.15, 0.2) is 12.1 Å². The summed E-state index contributed by atoms with van der Waals surface area (Å²) in [6.07, 6.45) is 14.0. The average molecular weight is 331 g/mol. The first-order valence-electron chi connectivity index (χ1n) is 10.3. The highest BCUT2D eigenvalue weighted by atomic mass is 19.1. The second kappa shape index (κ2) is 8.02. The molecule has 0 bridgehead atoms. The molecule has 1 aromatic rings. The average Bonchev–Trinajstić information content (AvgIpc) is 2.59. The van der Waals surface area contributed by atoms with Crippen molar-refractivity contribution >= 4 is 0 Å². The molecule has 0 unspecified atom stereocenters. The van der Waals surface area contributed by atoms with Crippen molar-refractivity contribution in [2.45, 2.75) is 90.9 Å². The van der Waals surface area contributed by atoms with E-state index in [4.69, 9.17) is 0 Å². The predicted octanol–water partition coefficient (Wildman–Crippen LogP) is 7.32. The Bertz CT molecular complexity index is 508. The molecule has 134 valence electrons. The summed E-state index contributed by atoms with van der Waals surface area (Å²) in [5, 5.41) is 0. The van der Waals surface area contributed by atoms with Gasteiger partial charge in [0.1, 0.15) is 5.82 Å². The molecule has 2 aliphatic rings. The van der Waals surface area contributed by atoms with Gasteiger partial charge in [0.2, 0.25) is 0 Å². The Morgan fingerprint density at radius 3 is 1.92 bits per heavy atom. The van der Waals surface area contributed by atoms with Crippen molar-refractivity contribution < 1.29 is 4.39 Å². The number of halogens is 1. The molecule has 0 nitrogen and oxygen atoms in total. The van der Waals surface area contributed by atoms with E-state index >= 15 is 0 Å². The zero-order valence-corrected chi connectivity index (χ0v) is 15.9. The molecule has 0 heterocycles. The fourth-order valence-electron chi connectivity index (χ4n) is 4.95. The standard InChI is InChI=1S/C23H35F/c1-16-4-6-19(7-5-16)8-9-20-10-12-21(13-11-20)22-14-17(2)18(3)23(24)15-22/h14-16,19-21H,4-13H2,1-3H3. The second-order valence-corrected chi connectivity index (χ2v) is 8.87. The third kappa shape index (κ3) is 4.41. The van der Waals surface area contributed by atoms with Gasteiger partial charge in [0.05, 0.1) is 0 Å². The SMILES string of the molecule is Cc1cc(C2CCC(CCC3CCC(C)CC3)CC2)cc(F)c1C. The maximum Gasteiger partial charge on any atom is 0.126 e. The molecule has 0 N–H and O–H groups in total. The number of hydrogen-bond donors (Lipinski definition) is 0. The van der Waals surface area contributed by atoms with Crippen molar-refractivity contribution in [3.05, 3.63) is 34.6 Å². The van der Waals surface area contributed by atoms with Crippen LogP contribution in [0.2, 0.25) is 0 Å². The third-order valence-electron chi connectivity index (χ3n) is 7.06. The summed E-state index contributed by atoms with van der Waals surface area (Å²) in [7, 11) is 0. The normalized spacial score (nSPS) is 31.2. The molecule has 0 aliphatic heterocycles. The second-order valence-electron chi connectivity index (χ2n) is 8.87. The quantitative estimate of drug-likeness (QED) is 0.542. The van der Waals surface area contributed by atoms with E-state index in [9.17, 15) is 4.39 Å². The van der Waals surface area contributed by atoms with Crippen molar-refractivity contribution in [3.8, 4) is 0 Å². The molecule has 2 fully saturated rings. The van der Waals surface area contributed by atoms with E-state index in [2.05, 4.69) is 13.0 Å². The van der Waals surface area contributed by atoms with Crippen LogP contribution in [-0.2, 0) is 0 Å². The van der Waals surface area contributed by atoms with Gasteiger partial charge in [-0.1, -0.05) is 51.5 Å². The Morgan fingerprint density at radius 2 is 1.38 bits per heavy atom. The summed E-state index contributed by atoms with van der Waals surface area (Å²) in [6.45, 7) is 6.34. The first-order chi connectivity index (χ1) is 11.5. The molecule has 0 aromatic heterocycles. The van der Waals surface area contributed by atoms with Crippen LogP contribution in [0.5, 0.6) is 0 Å². The van der Waals surface area contributed by atoms with E-state index in [1.54, 1.807) is 6.07 Å². The highest BCUT2D eigenvalue weighted by Crippen LogP contribution is 2.40. The Kier molecular flexibility index (Phi) is 6.00. The zero-order chi connectivity index (χ0) is 17.1. The van der Waals surface area contributed by atoms with Crippen LogP contribution in [0.25, 0.3) is 0 Å². The lowest BCUT2D eigenvalue weighted by molar-refractivity contribution is 0.237. The summed E-state index contributed by atoms with van der Waals surface area (Å²) < 4.78 is 14.0. The molecule has 0 radical (unpaired) electrons. The molecule has 0 amide bonds. The summed E-state index contributed by atoms with van der Waals surface area (Å²) >= 11 is 0. The third-order valence-corrected chi connectivity index (χ3v) is 7.06. The van der Waals surface area contributed by atoms with Crippen molar-refractivity contribution in [2.75, 3.05) is 0 Å². The Morgan fingerprint density at radius 1 is 0.833 bits per heavy atom. The predicted molar refractivity (Wildman–Crippen MR) is 101 cm³/mol. The van der Waals surface area contributed by atoms with E-state index in [1.165, 1.54) is 69.8 Å². The molecule has 0 saturated heterocycles. The van der Waals surface area contributed by atoms with Gasteiger partial charge in [-0.3, -0.25) is 0 Å². The highest BCUT2D eigenvalue weighted by Gasteiger charge is 2.25. The molecular formula is C23H35F. The maximum absolute atomic E-state index is 14.0. The van der Waals surface area contributed by atoms with Crippen LogP contribution >= 0.6 is 0 Å². The Hall–Kier alpha value is -0.850. The van der Waals surface area contributed by atoms with Crippen LogP contribution in [0, 0.1) is 37.4 Å². The van der Waals surface area contributed by atoms with Gasteiger partial charge in [0.25, 0.3) is 0 Å². The minimum absolute atomic E-state index is 0.0151. The fraction of sp³-hybridized carbons (Fsp3) is 0.739. The molecule has 1 heteroatoms. The van der Waals surface area contributed by atoms with Crippen molar-refractivity contribution in [1.29, 1.82) is 0 Å². The van der Waals surface area contributed by atoms with E-state index in [0.717, 1.165) is 28.9 Å². The van der Waals surface area contributed by atoms with Crippen LogP contribution < -0.4 is 0 Å². The first-order valence-corrected chi connectivity index (χ1v) is 10.3. The largest absolute Gasteiger partial charge is 0.207 e. The number of hydrogen-bond acceptors (Lipinski definition) is 0. The van der Waals surface area contributed by atoms with Gasteiger partial charge in [-0.25, -0.2) is 4.39 Å². The number of benzene rings is 1. The summed E-state index contributed by atoms with van der Waals surface area (Å²) in [6, 6.07) is 4.03. The topological polar surface area (TPSA) is 0 Å². The Balaban J connectivity index is 1.46. The lowest BCUT2D eigenvalue weighted by Crippen LogP contribution is -2.17. The van der Waals surface area contributed by atoms with E-state index in [0.29, 0.717) is 5.92 Å². The molecule has 1 aromatic carbocycles. The van der Waals surface area contributed by atoms with Crippen molar-refractivity contribution in [1.82, 2.24) is 0 Å². The lowest BCUT2D eigenvalue weighted by Gasteiger charge is -2.31. The van der Waals surface area contributed by atoms with Gasteiger partial charge in [-0.05, 0) is 86.0 Å². The van der Waals surface area contributed by atoms with E-state index in [-0.39, 0.29) is 5.82 Å².